The van der Waals surface area contributed by atoms with E-state index in [1.165, 1.54) is 26.3 Å². The number of carbonyl (C=O) groups is 4. The van der Waals surface area contributed by atoms with Crippen molar-refractivity contribution < 1.29 is 23.9 Å². The fraction of sp³-hybridized carbons (Fsp3) is 0.320. The van der Waals surface area contributed by atoms with Crippen molar-refractivity contribution in [3.63, 3.8) is 0 Å². The summed E-state index contributed by atoms with van der Waals surface area (Å²) in [6.45, 7) is 1.95. The maximum atomic E-state index is 12.9. The Morgan fingerprint density at radius 1 is 1.05 bits per heavy atom. The Hall–Kier alpha value is -4.40. The summed E-state index contributed by atoms with van der Waals surface area (Å²) in [6, 6.07) is 6.61. The molecule has 0 atom stereocenters. The predicted molar refractivity (Wildman–Crippen MR) is 159 cm³/mol. The van der Waals surface area contributed by atoms with Gasteiger partial charge in [-0.3, -0.25) is 19.2 Å². The molecule has 0 saturated heterocycles. The van der Waals surface area contributed by atoms with Gasteiger partial charge in [-0.1, -0.05) is 11.3 Å². The second kappa shape index (κ2) is 13.1. The SMILES string of the molecule is [B]C([B])([B])NC(=O)c1nnc(NC(=O)C2CC2)cc1Nc1cccc(-c2ncc(C(=O)NCCNC(C)=O)s2)c1OC. The van der Waals surface area contributed by atoms with Crippen LogP contribution < -0.4 is 31.3 Å². The molecule has 1 aliphatic carbocycles. The van der Waals surface area contributed by atoms with Crippen molar-refractivity contribution in [2.75, 3.05) is 30.8 Å². The van der Waals surface area contributed by atoms with Gasteiger partial charge in [-0.05, 0) is 25.0 Å². The van der Waals surface area contributed by atoms with Gasteiger partial charge in [-0.25, -0.2) is 4.98 Å². The molecule has 17 heteroatoms. The zero-order valence-electron chi connectivity index (χ0n) is 22.8. The Morgan fingerprint density at radius 3 is 2.45 bits per heavy atom. The summed E-state index contributed by atoms with van der Waals surface area (Å²) in [5.41, 5.74) is 0.911. The molecule has 210 valence electrons. The van der Waals surface area contributed by atoms with E-state index in [-0.39, 0.29) is 47.4 Å². The van der Waals surface area contributed by atoms with Crippen molar-refractivity contribution in [2.24, 2.45) is 5.92 Å². The van der Waals surface area contributed by atoms with Crippen LogP contribution in [0.1, 0.15) is 39.9 Å². The molecular weight excluding hydrogens is 557 g/mol. The first-order chi connectivity index (χ1) is 19.9. The molecule has 1 aliphatic rings. The Labute approximate surface area is 249 Å². The third-order valence-corrected chi connectivity index (χ3v) is 6.80. The number of methoxy groups -OCH3 is 1. The van der Waals surface area contributed by atoms with Crippen molar-refractivity contribution in [1.82, 2.24) is 31.1 Å². The molecule has 13 nitrogen and oxygen atoms in total. The van der Waals surface area contributed by atoms with Gasteiger partial charge in [0, 0.05) is 32.0 Å². The van der Waals surface area contributed by atoms with Crippen LogP contribution in [0.2, 0.25) is 0 Å². The van der Waals surface area contributed by atoms with Crippen molar-refractivity contribution >= 4 is 75.7 Å². The Morgan fingerprint density at radius 2 is 1.79 bits per heavy atom. The molecule has 2 aromatic heterocycles. The third kappa shape index (κ3) is 8.09. The fourth-order valence-corrected chi connectivity index (χ4v) is 4.57. The Balaban J connectivity index is 1.61. The van der Waals surface area contributed by atoms with Crippen molar-refractivity contribution in [3.8, 4) is 16.3 Å². The molecule has 1 aromatic carbocycles. The second-order valence-corrected chi connectivity index (χ2v) is 10.5. The van der Waals surface area contributed by atoms with E-state index >= 15 is 0 Å². The molecule has 6 radical (unpaired) electrons. The first-order valence-electron chi connectivity index (χ1n) is 12.8. The summed E-state index contributed by atoms with van der Waals surface area (Å²) in [4.78, 5) is 53.5. The molecule has 4 amide bonds. The quantitative estimate of drug-likeness (QED) is 0.150. The minimum atomic E-state index is -2.02. The van der Waals surface area contributed by atoms with Gasteiger partial charge in [0.1, 0.15) is 9.88 Å². The number of hydrogen-bond acceptors (Lipinski definition) is 10. The normalized spacial score (nSPS) is 12.6. The molecule has 2 heterocycles. The van der Waals surface area contributed by atoms with Gasteiger partial charge in [0.05, 0.1) is 53.8 Å². The zero-order valence-corrected chi connectivity index (χ0v) is 23.6. The number of aromatic nitrogens is 3. The summed E-state index contributed by atoms with van der Waals surface area (Å²) in [7, 11) is 18.1. The van der Waals surface area contributed by atoms with Crippen molar-refractivity contribution in [1.29, 1.82) is 0 Å². The average molecular weight is 582 g/mol. The predicted octanol–water partition coefficient (Wildman–Crippen LogP) is 0.413. The lowest BCUT2D eigenvalue weighted by atomic mass is 9.49. The van der Waals surface area contributed by atoms with E-state index in [2.05, 4.69) is 41.8 Å². The van der Waals surface area contributed by atoms with E-state index in [1.807, 2.05) is 0 Å². The average Bonchev–Trinajstić information content (AvgIpc) is 3.66. The number of amides is 4. The van der Waals surface area contributed by atoms with E-state index in [1.54, 1.807) is 18.2 Å². The molecule has 1 saturated carbocycles. The first kappa shape index (κ1) is 30.6. The minimum absolute atomic E-state index is 0.0854. The number of anilines is 3. The van der Waals surface area contributed by atoms with Crippen LogP contribution in [0.15, 0.2) is 30.5 Å². The number of thiazole rings is 1. The van der Waals surface area contributed by atoms with Crippen molar-refractivity contribution in [2.45, 2.75) is 25.0 Å². The number of carbonyl (C=O) groups excluding carboxylic acids is 4. The number of nitrogens with one attached hydrogen (secondary N) is 5. The topological polar surface area (TPSA) is 176 Å². The largest absolute Gasteiger partial charge is 0.494 e. The maximum absolute atomic E-state index is 12.9. The molecule has 0 spiro atoms. The first-order valence-corrected chi connectivity index (χ1v) is 13.6. The molecule has 4 rings (SSSR count). The highest BCUT2D eigenvalue weighted by Crippen LogP contribution is 2.40. The lowest BCUT2D eigenvalue weighted by Crippen LogP contribution is -2.50. The van der Waals surface area contributed by atoms with Crippen LogP contribution in [0.4, 0.5) is 17.2 Å². The summed E-state index contributed by atoms with van der Waals surface area (Å²) in [6.07, 6.45) is 3.02. The Kier molecular flexibility index (Phi) is 9.50. The Bertz CT molecular complexity index is 1510. The van der Waals surface area contributed by atoms with E-state index in [0.29, 0.717) is 33.4 Å². The standard InChI is InChI=1S/C25H25B3N8O5S/c1-12(37)29-8-9-30-22(39)17-11-31-24(42-17)14-4-3-5-15(20(14)41-2)32-16-10-18(33-21(38)13-6-7-13)35-36-19(16)23(40)34-25(26,27)28/h3-5,10-11,13H,6-9H2,1-2H3,(H,29,37)(H,30,39)(H,34,40)(H2,32,33,35,38). The van der Waals surface area contributed by atoms with Crippen LogP contribution in [0.25, 0.3) is 10.6 Å². The monoisotopic (exact) mass is 582 g/mol. The lowest BCUT2D eigenvalue weighted by Gasteiger charge is -2.23. The summed E-state index contributed by atoms with van der Waals surface area (Å²) >= 11 is 1.14. The molecule has 1 fully saturated rings. The summed E-state index contributed by atoms with van der Waals surface area (Å²) in [5.74, 6) is -1.16. The zero-order chi connectivity index (χ0) is 30.4. The van der Waals surface area contributed by atoms with Gasteiger partial charge in [0.2, 0.25) is 11.8 Å². The number of benzene rings is 1. The molecule has 42 heavy (non-hydrogen) atoms. The second-order valence-electron chi connectivity index (χ2n) is 9.42. The van der Waals surface area contributed by atoms with Crippen LogP contribution in [-0.4, -0.2) is 87.8 Å². The number of rotatable bonds is 12. The van der Waals surface area contributed by atoms with Gasteiger partial charge in [0.15, 0.2) is 17.3 Å². The molecule has 0 unspecified atom stereocenters. The third-order valence-electron chi connectivity index (χ3n) is 5.77. The highest BCUT2D eigenvalue weighted by Gasteiger charge is 2.30. The maximum Gasteiger partial charge on any atom is 0.272 e. The fourth-order valence-electron chi connectivity index (χ4n) is 3.72. The van der Waals surface area contributed by atoms with Crippen LogP contribution in [0.5, 0.6) is 5.75 Å². The van der Waals surface area contributed by atoms with Gasteiger partial charge in [-0.2, -0.15) is 0 Å². The van der Waals surface area contributed by atoms with Crippen LogP contribution in [0.3, 0.4) is 0 Å². The number of nitrogens with zero attached hydrogens (tertiary/aromatic N) is 3. The number of ether oxygens (including phenoxy) is 1. The molecule has 0 bridgehead atoms. The minimum Gasteiger partial charge on any atom is -0.494 e. The van der Waals surface area contributed by atoms with Crippen LogP contribution in [0, 0.1) is 5.92 Å². The summed E-state index contributed by atoms with van der Waals surface area (Å²) in [5, 5.41) is 19.7. The van der Waals surface area contributed by atoms with Gasteiger partial charge in [-0.15, -0.1) is 21.5 Å². The number of para-hydroxylation sites is 1. The molecule has 3 aromatic rings. The van der Waals surface area contributed by atoms with E-state index < -0.39 is 11.1 Å². The lowest BCUT2D eigenvalue weighted by molar-refractivity contribution is -0.119. The molecule has 5 N–H and O–H groups in total. The van der Waals surface area contributed by atoms with Crippen molar-refractivity contribution in [3.05, 3.63) is 41.0 Å². The van der Waals surface area contributed by atoms with Gasteiger partial charge in [0.25, 0.3) is 11.8 Å². The number of hydrogen-bond donors (Lipinski definition) is 5. The highest BCUT2D eigenvalue weighted by atomic mass is 32.1. The smallest absolute Gasteiger partial charge is 0.272 e. The van der Waals surface area contributed by atoms with Gasteiger partial charge >= 0.3 is 0 Å². The van der Waals surface area contributed by atoms with E-state index in [0.717, 1.165) is 24.2 Å². The summed E-state index contributed by atoms with van der Waals surface area (Å²) < 4.78 is 5.69. The van der Waals surface area contributed by atoms with E-state index in [9.17, 15) is 19.2 Å². The van der Waals surface area contributed by atoms with E-state index in [4.69, 9.17) is 28.3 Å². The van der Waals surface area contributed by atoms with Gasteiger partial charge < -0.3 is 31.3 Å². The van der Waals surface area contributed by atoms with Crippen LogP contribution >= 0.6 is 11.3 Å². The molecular formula is C25H25B3N8O5S. The highest BCUT2D eigenvalue weighted by molar-refractivity contribution is 7.17. The van der Waals surface area contributed by atoms with Crippen LogP contribution in [-0.2, 0) is 9.59 Å². The molecule has 0 aliphatic heterocycles.